The van der Waals surface area contributed by atoms with Crippen LogP contribution in [0.2, 0.25) is 0 Å². The number of carbonyl (C=O) groups excluding carboxylic acids is 1. The number of nitrogens with zero attached hydrogens (tertiary/aromatic N) is 3. The van der Waals surface area contributed by atoms with E-state index in [1.165, 1.54) is 28.7 Å². The second-order valence-electron chi connectivity index (χ2n) is 6.21. The number of rotatable bonds is 7. The molecule has 1 amide bonds. The molecule has 0 bridgehead atoms. The quantitative estimate of drug-likeness (QED) is 0.427. The van der Waals surface area contributed by atoms with Crippen LogP contribution < -0.4 is 10.1 Å². The van der Waals surface area contributed by atoms with Gasteiger partial charge in [0.25, 0.3) is 0 Å². The molecule has 4 rings (SSSR count). The van der Waals surface area contributed by atoms with Crippen molar-refractivity contribution in [1.82, 2.24) is 20.2 Å². The Kier molecular flexibility index (Phi) is 5.77. The summed E-state index contributed by atoms with van der Waals surface area (Å²) in [6.07, 6.45) is 0.995. The first-order valence-electron chi connectivity index (χ1n) is 9.03. The van der Waals surface area contributed by atoms with E-state index in [9.17, 15) is 4.79 Å². The fraction of sp³-hybridized carbons (Fsp3) is 0.200. The third-order valence-electron chi connectivity index (χ3n) is 4.27. The minimum Gasteiger partial charge on any atom is -0.497 e. The van der Waals surface area contributed by atoms with Crippen molar-refractivity contribution in [2.45, 2.75) is 18.5 Å². The Morgan fingerprint density at radius 2 is 2.03 bits per heavy atom. The minimum atomic E-state index is -0.153. The number of carbonyl (C=O) groups is 1. The summed E-state index contributed by atoms with van der Waals surface area (Å²) in [6, 6.07) is 13.8. The Morgan fingerprint density at radius 1 is 1.21 bits per heavy atom. The average Bonchev–Trinajstić information content (AvgIpc) is 3.38. The van der Waals surface area contributed by atoms with Crippen LogP contribution in [-0.4, -0.2) is 38.9 Å². The van der Waals surface area contributed by atoms with Gasteiger partial charge >= 0.3 is 0 Å². The fourth-order valence-electron chi connectivity index (χ4n) is 2.71. The lowest BCUT2D eigenvalue weighted by Gasteiger charge is -1.99. The van der Waals surface area contributed by atoms with Gasteiger partial charge in [0.1, 0.15) is 5.75 Å². The van der Waals surface area contributed by atoms with Crippen LogP contribution in [0.4, 0.5) is 5.13 Å². The van der Waals surface area contributed by atoms with Crippen molar-refractivity contribution < 1.29 is 9.53 Å². The molecule has 7 nitrogen and oxygen atoms in total. The summed E-state index contributed by atoms with van der Waals surface area (Å²) < 4.78 is 6.18. The van der Waals surface area contributed by atoms with Crippen LogP contribution >= 0.6 is 23.1 Å². The second-order valence-corrected chi connectivity index (χ2v) is 8.18. The smallest absolute Gasteiger partial charge is 0.236 e. The van der Waals surface area contributed by atoms with Crippen LogP contribution in [0.1, 0.15) is 12.5 Å². The molecule has 0 aliphatic rings. The van der Waals surface area contributed by atoms with Crippen molar-refractivity contribution in [3.8, 4) is 17.1 Å². The van der Waals surface area contributed by atoms with E-state index in [4.69, 9.17) is 4.74 Å². The highest BCUT2D eigenvalue weighted by molar-refractivity contribution is 7.99. The van der Waals surface area contributed by atoms with Gasteiger partial charge in [0.05, 0.1) is 23.1 Å². The van der Waals surface area contributed by atoms with Gasteiger partial charge < -0.3 is 10.1 Å². The minimum absolute atomic E-state index is 0.153. The van der Waals surface area contributed by atoms with Crippen molar-refractivity contribution in [3.05, 3.63) is 48.0 Å². The van der Waals surface area contributed by atoms with E-state index in [0.29, 0.717) is 16.1 Å². The van der Waals surface area contributed by atoms with Gasteiger partial charge in [0.2, 0.25) is 11.1 Å². The van der Waals surface area contributed by atoms with E-state index in [1.807, 2.05) is 30.3 Å². The van der Waals surface area contributed by atoms with Crippen molar-refractivity contribution in [1.29, 1.82) is 0 Å². The molecule has 0 aliphatic carbocycles. The summed E-state index contributed by atoms with van der Waals surface area (Å²) in [5, 5.41) is 11.0. The van der Waals surface area contributed by atoms with Gasteiger partial charge in [-0.1, -0.05) is 54.3 Å². The topological polar surface area (TPSA) is 92.8 Å². The van der Waals surface area contributed by atoms with Gasteiger partial charge in [0, 0.05) is 5.56 Å². The molecule has 0 unspecified atom stereocenters. The number of aromatic nitrogens is 4. The number of aromatic amines is 1. The molecule has 0 saturated heterocycles. The molecule has 0 spiro atoms. The van der Waals surface area contributed by atoms with Crippen LogP contribution in [0, 0.1) is 0 Å². The molecule has 4 aromatic rings. The Balaban J connectivity index is 1.35. The number of ether oxygens (including phenoxy) is 1. The summed E-state index contributed by atoms with van der Waals surface area (Å²) >= 11 is 2.69. The lowest BCUT2D eigenvalue weighted by atomic mass is 10.1. The highest BCUT2D eigenvalue weighted by Crippen LogP contribution is 2.29. The molecule has 2 heterocycles. The Hall–Kier alpha value is -2.91. The first-order chi connectivity index (χ1) is 14.1. The molecule has 148 valence electrons. The molecule has 0 aliphatic heterocycles. The normalized spacial score (nSPS) is 11.0. The van der Waals surface area contributed by atoms with Gasteiger partial charge in [-0.2, -0.15) is 0 Å². The zero-order valence-corrected chi connectivity index (χ0v) is 17.6. The molecule has 29 heavy (non-hydrogen) atoms. The molecule has 9 heteroatoms. The van der Waals surface area contributed by atoms with Crippen LogP contribution in [0.25, 0.3) is 21.6 Å². The fourth-order valence-corrected chi connectivity index (χ4v) is 4.22. The zero-order chi connectivity index (χ0) is 20.2. The van der Waals surface area contributed by atoms with Crippen molar-refractivity contribution in [2.75, 3.05) is 18.2 Å². The van der Waals surface area contributed by atoms with Crippen LogP contribution in [0.5, 0.6) is 5.75 Å². The van der Waals surface area contributed by atoms with Gasteiger partial charge in [0.15, 0.2) is 11.0 Å². The van der Waals surface area contributed by atoms with Crippen molar-refractivity contribution in [2.24, 2.45) is 0 Å². The standard InChI is InChI=1S/C20H19N5O2S2/c1-3-12-4-6-13(7-5-12)18-23-20(25-24-18)28-11-17(26)22-19-21-15-9-8-14(27-2)10-16(15)29-19/h4-10H,3,11H2,1-2H3,(H,21,22,26)(H,23,24,25). The monoisotopic (exact) mass is 425 g/mol. The number of anilines is 1. The Labute approximate surface area is 175 Å². The summed E-state index contributed by atoms with van der Waals surface area (Å²) in [7, 11) is 1.62. The number of amides is 1. The largest absolute Gasteiger partial charge is 0.497 e. The van der Waals surface area contributed by atoms with Gasteiger partial charge in [-0.05, 0) is 30.2 Å². The van der Waals surface area contributed by atoms with E-state index in [1.54, 1.807) is 7.11 Å². The molecule has 0 fully saturated rings. The molecule has 2 aromatic heterocycles. The number of benzene rings is 2. The van der Waals surface area contributed by atoms with Gasteiger partial charge in [-0.25, -0.2) is 9.97 Å². The van der Waals surface area contributed by atoms with Crippen LogP contribution in [0.15, 0.2) is 47.6 Å². The number of thioether (sulfide) groups is 1. The summed E-state index contributed by atoms with van der Waals surface area (Å²) in [5.41, 5.74) is 3.06. The number of fused-ring (bicyclic) bond motifs is 1. The van der Waals surface area contributed by atoms with E-state index in [0.717, 1.165) is 28.0 Å². The van der Waals surface area contributed by atoms with E-state index in [2.05, 4.69) is 44.5 Å². The third-order valence-corrected chi connectivity index (χ3v) is 6.06. The van der Waals surface area contributed by atoms with Gasteiger partial charge in [-0.15, -0.1) is 5.10 Å². The Bertz CT molecular complexity index is 1140. The number of aryl methyl sites for hydroxylation is 1. The first-order valence-corrected chi connectivity index (χ1v) is 10.8. The number of methoxy groups -OCH3 is 1. The maximum Gasteiger partial charge on any atom is 0.236 e. The lowest BCUT2D eigenvalue weighted by Crippen LogP contribution is -2.13. The summed E-state index contributed by atoms with van der Waals surface area (Å²) in [4.78, 5) is 21.2. The maximum atomic E-state index is 12.3. The zero-order valence-electron chi connectivity index (χ0n) is 15.9. The highest BCUT2D eigenvalue weighted by Gasteiger charge is 2.12. The average molecular weight is 426 g/mol. The Morgan fingerprint density at radius 3 is 2.79 bits per heavy atom. The van der Waals surface area contributed by atoms with Crippen LogP contribution in [-0.2, 0) is 11.2 Å². The predicted octanol–water partition coefficient (Wildman–Crippen LogP) is 4.38. The molecule has 0 radical (unpaired) electrons. The maximum absolute atomic E-state index is 12.3. The van der Waals surface area contributed by atoms with Crippen LogP contribution in [0.3, 0.4) is 0 Å². The van der Waals surface area contributed by atoms with Crippen molar-refractivity contribution >= 4 is 44.4 Å². The second kappa shape index (κ2) is 8.62. The summed E-state index contributed by atoms with van der Waals surface area (Å²) in [6.45, 7) is 2.12. The molecule has 0 saturated carbocycles. The SMILES string of the molecule is CCc1ccc(-c2nc(SCC(=O)Nc3nc4ccc(OC)cc4s3)n[nH]2)cc1. The molecule has 2 aromatic carbocycles. The molecular formula is C20H19N5O2S2. The first kappa shape index (κ1) is 19.4. The van der Waals surface area contributed by atoms with Crippen molar-refractivity contribution in [3.63, 3.8) is 0 Å². The number of thiazole rings is 1. The highest BCUT2D eigenvalue weighted by atomic mass is 32.2. The molecule has 2 N–H and O–H groups in total. The van der Waals surface area contributed by atoms with E-state index >= 15 is 0 Å². The number of hydrogen-bond acceptors (Lipinski definition) is 7. The lowest BCUT2D eigenvalue weighted by molar-refractivity contribution is -0.113. The summed E-state index contributed by atoms with van der Waals surface area (Å²) in [5.74, 6) is 1.50. The van der Waals surface area contributed by atoms with E-state index in [-0.39, 0.29) is 11.7 Å². The third kappa shape index (κ3) is 4.57. The predicted molar refractivity (Wildman–Crippen MR) is 117 cm³/mol. The molecule has 0 atom stereocenters. The van der Waals surface area contributed by atoms with E-state index < -0.39 is 0 Å². The number of nitrogens with one attached hydrogen (secondary N) is 2. The molecular weight excluding hydrogens is 406 g/mol. The number of H-pyrrole nitrogens is 1. The number of hydrogen-bond donors (Lipinski definition) is 2. The van der Waals surface area contributed by atoms with Gasteiger partial charge in [-0.3, -0.25) is 9.89 Å².